The first-order valence-corrected chi connectivity index (χ1v) is 14.8. The van der Waals surface area contributed by atoms with E-state index in [1.54, 1.807) is 0 Å². The number of anilines is 2. The number of benzene rings is 2. The van der Waals surface area contributed by atoms with Crippen LogP contribution in [0.1, 0.15) is 42.9 Å². The van der Waals surface area contributed by atoms with E-state index < -0.39 is 10.8 Å². The van der Waals surface area contributed by atoms with Crippen LogP contribution < -0.4 is 10.2 Å². The summed E-state index contributed by atoms with van der Waals surface area (Å²) in [5.41, 5.74) is 5.23. The summed E-state index contributed by atoms with van der Waals surface area (Å²) in [5, 5.41) is 12.2. The van der Waals surface area contributed by atoms with Gasteiger partial charge in [-0.1, -0.05) is 29.5 Å². The molecule has 3 aliphatic heterocycles. The van der Waals surface area contributed by atoms with E-state index in [1.807, 2.05) is 28.9 Å². The summed E-state index contributed by atoms with van der Waals surface area (Å²) in [6.07, 6.45) is 4.72. The molecule has 1 N–H and O–H groups in total. The number of ether oxygens (including phenoxy) is 1. The molecule has 9 nitrogen and oxygen atoms in total. The Kier molecular flexibility index (Phi) is 6.29. The number of nitrogens with one attached hydrogen (secondary N) is 1. The summed E-state index contributed by atoms with van der Waals surface area (Å²) in [7, 11) is -1.03. The van der Waals surface area contributed by atoms with E-state index in [4.69, 9.17) is 14.7 Å². The second-order valence-electron chi connectivity index (χ2n) is 10.3. The predicted molar refractivity (Wildman–Crippen MR) is 148 cm³/mol. The van der Waals surface area contributed by atoms with Crippen molar-refractivity contribution >= 4 is 33.6 Å². The number of nitrogens with zero attached hydrogens (tertiary/aromatic N) is 6. The highest BCUT2D eigenvalue weighted by Crippen LogP contribution is 2.34. The van der Waals surface area contributed by atoms with Gasteiger partial charge in [0.05, 0.1) is 27.7 Å². The Morgan fingerprint density at radius 2 is 1.74 bits per heavy atom. The highest BCUT2D eigenvalue weighted by molar-refractivity contribution is 7.85. The maximum Gasteiger partial charge on any atom is 0.227 e. The molecule has 10 heteroatoms. The standard InChI is InChI=1S/C28H31N7O2S/c36-38-18-13-24-26(38)27(29-21-11-16-37-17-12-21)31-28(30-24)34-14-9-20(10-15-34)19-5-7-22(8-6-19)35-25-4-2-1-3-23(25)32-33-35/h1-8,20-21H,9-18H2,(H,29,30,31). The minimum absolute atomic E-state index is 0.303. The van der Waals surface area contributed by atoms with Crippen molar-refractivity contribution in [1.29, 1.82) is 0 Å². The van der Waals surface area contributed by atoms with Gasteiger partial charge in [-0.15, -0.1) is 5.10 Å². The molecule has 0 bridgehead atoms. The first kappa shape index (κ1) is 23.7. The van der Waals surface area contributed by atoms with Crippen molar-refractivity contribution in [2.24, 2.45) is 0 Å². The number of hydrogen-bond donors (Lipinski definition) is 1. The zero-order chi connectivity index (χ0) is 25.5. The smallest absolute Gasteiger partial charge is 0.227 e. The van der Waals surface area contributed by atoms with E-state index in [9.17, 15) is 4.21 Å². The molecule has 0 spiro atoms. The zero-order valence-corrected chi connectivity index (χ0v) is 22.1. The lowest BCUT2D eigenvalue weighted by Crippen LogP contribution is -2.35. The van der Waals surface area contributed by atoms with Gasteiger partial charge in [0.2, 0.25) is 5.95 Å². The van der Waals surface area contributed by atoms with Crippen LogP contribution in [0.4, 0.5) is 11.8 Å². The van der Waals surface area contributed by atoms with Gasteiger partial charge in [-0.2, -0.15) is 4.98 Å². The maximum absolute atomic E-state index is 12.7. The van der Waals surface area contributed by atoms with Gasteiger partial charge in [0, 0.05) is 44.5 Å². The molecule has 2 aromatic heterocycles. The lowest BCUT2D eigenvalue weighted by Gasteiger charge is -2.33. The van der Waals surface area contributed by atoms with Crippen LogP contribution in [0.3, 0.4) is 0 Å². The molecule has 38 heavy (non-hydrogen) atoms. The molecular weight excluding hydrogens is 498 g/mol. The van der Waals surface area contributed by atoms with Gasteiger partial charge < -0.3 is 15.0 Å². The lowest BCUT2D eigenvalue weighted by molar-refractivity contribution is 0.0903. The molecule has 7 rings (SSSR count). The van der Waals surface area contributed by atoms with Crippen molar-refractivity contribution in [2.45, 2.75) is 49.0 Å². The maximum atomic E-state index is 12.7. The Morgan fingerprint density at radius 1 is 0.947 bits per heavy atom. The fourth-order valence-corrected chi connectivity index (χ4v) is 7.13. The molecule has 0 saturated carbocycles. The third kappa shape index (κ3) is 4.45. The summed E-state index contributed by atoms with van der Waals surface area (Å²) in [6.45, 7) is 3.31. The van der Waals surface area contributed by atoms with E-state index in [-0.39, 0.29) is 0 Å². The number of aryl methyl sites for hydroxylation is 1. The number of aromatic nitrogens is 5. The highest BCUT2D eigenvalue weighted by atomic mass is 32.2. The molecule has 0 radical (unpaired) electrons. The molecule has 196 valence electrons. The average molecular weight is 530 g/mol. The molecule has 0 amide bonds. The molecule has 3 aliphatic rings. The van der Waals surface area contributed by atoms with Gasteiger partial charge in [0.15, 0.2) is 0 Å². The van der Waals surface area contributed by atoms with E-state index in [2.05, 4.69) is 44.8 Å². The molecule has 4 aromatic rings. The summed E-state index contributed by atoms with van der Waals surface area (Å²) >= 11 is 0. The summed E-state index contributed by atoms with van der Waals surface area (Å²) < 4.78 is 20.1. The first-order valence-electron chi connectivity index (χ1n) is 13.5. The van der Waals surface area contributed by atoms with E-state index in [1.165, 1.54) is 5.56 Å². The summed E-state index contributed by atoms with van der Waals surface area (Å²) in [6, 6.07) is 17.1. The van der Waals surface area contributed by atoms with Crippen molar-refractivity contribution < 1.29 is 8.95 Å². The normalized spacial score (nSPS) is 20.6. The molecule has 2 saturated heterocycles. The molecular formula is C28H31N7O2S. The number of rotatable bonds is 5. The fraction of sp³-hybridized carbons (Fsp3) is 0.429. The topological polar surface area (TPSA) is 98.1 Å². The van der Waals surface area contributed by atoms with Crippen LogP contribution >= 0.6 is 0 Å². The average Bonchev–Trinajstić information content (AvgIpc) is 3.57. The fourth-order valence-electron chi connectivity index (χ4n) is 5.82. The molecule has 1 unspecified atom stereocenters. The second-order valence-corrected chi connectivity index (χ2v) is 11.8. The molecule has 0 aliphatic carbocycles. The molecule has 5 heterocycles. The van der Waals surface area contributed by atoms with Gasteiger partial charge in [-0.05, 0) is 61.4 Å². The largest absolute Gasteiger partial charge is 0.381 e. The SMILES string of the molecule is O=S1CCc2nc(N3CCC(c4ccc(-n5nnc6ccccc65)cc4)CC3)nc(NC3CCOCC3)c21. The lowest BCUT2D eigenvalue weighted by atomic mass is 9.89. The van der Waals surface area contributed by atoms with Gasteiger partial charge in [0.25, 0.3) is 0 Å². The van der Waals surface area contributed by atoms with Gasteiger partial charge in [-0.25, -0.2) is 9.67 Å². The Bertz CT molecular complexity index is 1470. The monoisotopic (exact) mass is 529 g/mol. The van der Waals surface area contributed by atoms with Crippen molar-refractivity contribution in [1.82, 2.24) is 25.0 Å². The Labute approximate surface area is 224 Å². The van der Waals surface area contributed by atoms with E-state index in [0.717, 1.165) is 97.5 Å². The number of piperidine rings is 1. The van der Waals surface area contributed by atoms with Crippen LogP contribution in [0.5, 0.6) is 0 Å². The van der Waals surface area contributed by atoms with Crippen LogP contribution in [-0.2, 0) is 22.0 Å². The quantitative estimate of drug-likeness (QED) is 0.416. The van der Waals surface area contributed by atoms with E-state index in [0.29, 0.717) is 17.7 Å². The van der Waals surface area contributed by atoms with Gasteiger partial charge in [-0.3, -0.25) is 4.21 Å². The number of fused-ring (bicyclic) bond motifs is 2. The van der Waals surface area contributed by atoms with Gasteiger partial charge >= 0.3 is 0 Å². The van der Waals surface area contributed by atoms with Crippen LogP contribution in [-0.4, -0.2) is 67.3 Å². The van der Waals surface area contributed by atoms with Crippen LogP contribution in [0.15, 0.2) is 53.4 Å². The van der Waals surface area contributed by atoms with Crippen molar-refractivity contribution in [3.05, 3.63) is 59.8 Å². The highest BCUT2D eigenvalue weighted by Gasteiger charge is 2.30. The first-order chi connectivity index (χ1) is 18.7. The third-order valence-corrected chi connectivity index (χ3v) is 9.44. The van der Waals surface area contributed by atoms with Crippen molar-refractivity contribution in [3.8, 4) is 5.69 Å². The molecule has 2 aromatic carbocycles. The van der Waals surface area contributed by atoms with E-state index >= 15 is 0 Å². The Hall–Kier alpha value is -3.37. The third-order valence-electron chi connectivity index (χ3n) is 7.98. The molecule has 2 fully saturated rings. The minimum Gasteiger partial charge on any atom is -0.381 e. The van der Waals surface area contributed by atoms with Gasteiger partial charge in [0.1, 0.15) is 16.2 Å². The summed E-state index contributed by atoms with van der Waals surface area (Å²) in [5.74, 6) is 2.67. The Morgan fingerprint density at radius 3 is 2.55 bits per heavy atom. The zero-order valence-electron chi connectivity index (χ0n) is 21.3. The summed E-state index contributed by atoms with van der Waals surface area (Å²) in [4.78, 5) is 12.9. The predicted octanol–water partition coefficient (Wildman–Crippen LogP) is 3.85. The number of hydrogen-bond acceptors (Lipinski definition) is 8. The van der Waals surface area contributed by atoms with Crippen molar-refractivity contribution in [3.63, 3.8) is 0 Å². The van der Waals surface area contributed by atoms with Crippen LogP contribution in [0, 0.1) is 0 Å². The van der Waals surface area contributed by atoms with Crippen LogP contribution in [0.25, 0.3) is 16.7 Å². The Balaban J connectivity index is 1.06. The second kappa shape index (κ2) is 10.1. The molecule has 1 atom stereocenters. The van der Waals surface area contributed by atoms with Crippen LogP contribution in [0.2, 0.25) is 0 Å². The minimum atomic E-state index is -1.03. The number of para-hydroxylation sites is 1. The van der Waals surface area contributed by atoms with Crippen molar-refractivity contribution in [2.75, 3.05) is 42.3 Å².